The molecule has 0 saturated carbocycles. The molecule has 0 unspecified atom stereocenters. The zero-order valence-corrected chi connectivity index (χ0v) is 38.7. The highest BCUT2D eigenvalue weighted by Gasteiger charge is 2.43. The highest BCUT2D eigenvalue weighted by atomic mass is 15.2. The van der Waals surface area contributed by atoms with Gasteiger partial charge in [0, 0.05) is 67.0 Å². The minimum atomic E-state index is -0.0135. The van der Waals surface area contributed by atoms with Gasteiger partial charge < -0.3 is 18.9 Å². The molecule has 0 saturated heterocycles. The minimum absolute atomic E-state index is 0.0135. The lowest BCUT2D eigenvalue weighted by atomic mass is 9.33. The van der Waals surface area contributed by atoms with E-state index in [1.54, 1.807) is 0 Å². The lowest BCUT2D eigenvalue weighted by Gasteiger charge is -2.44. The van der Waals surface area contributed by atoms with Crippen molar-refractivity contribution in [3.05, 3.63) is 261 Å². The summed E-state index contributed by atoms with van der Waals surface area (Å²) in [5.41, 5.74) is 22.7. The van der Waals surface area contributed by atoms with Crippen molar-refractivity contribution in [1.82, 2.24) is 9.13 Å². The van der Waals surface area contributed by atoms with Crippen molar-refractivity contribution in [2.45, 2.75) is 0 Å². The molecule has 71 heavy (non-hydrogen) atoms. The van der Waals surface area contributed by atoms with Gasteiger partial charge in [-0.1, -0.05) is 164 Å². The quantitative estimate of drug-likeness (QED) is 0.155. The first kappa shape index (κ1) is 39.7. The van der Waals surface area contributed by atoms with Gasteiger partial charge in [-0.3, -0.25) is 0 Å². The molecule has 0 N–H and O–H groups in total. The van der Waals surface area contributed by atoms with Crippen LogP contribution in [0.15, 0.2) is 261 Å². The van der Waals surface area contributed by atoms with E-state index in [0.717, 1.165) is 22.7 Å². The van der Waals surface area contributed by atoms with E-state index < -0.39 is 0 Å². The first-order chi connectivity index (χ1) is 35.2. The number of aromatic nitrogens is 2. The van der Waals surface area contributed by atoms with Crippen molar-refractivity contribution in [1.29, 1.82) is 0 Å². The second-order valence-electron chi connectivity index (χ2n) is 18.9. The van der Waals surface area contributed by atoms with Crippen molar-refractivity contribution in [3.8, 4) is 33.6 Å². The molecule has 0 bridgehead atoms. The summed E-state index contributed by atoms with van der Waals surface area (Å²) in [4.78, 5) is 4.99. The molecule has 0 aliphatic carbocycles. The van der Waals surface area contributed by atoms with Crippen LogP contribution in [-0.4, -0.2) is 15.8 Å². The Labute approximate surface area is 412 Å². The SMILES string of the molecule is c1ccc(N2c3cc(-c4ccc5c6ccccc6n(-c6ccccc6)c5c4)ccc3B3c4ccc(-c5ccc6c7ccccc7n(-c7ccccc7)c6c5)cc4N(c4ccccc4)c4cccc2c43)cc1. The average molecular weight is 903 g/mol. The van der Waals surface area contributed by atoms with Crippen LogP contribution in [0.4, 0.5) is 34.1 Å². The fraction of sp³-hybridized carbons (Fsp3) is 0. The van der Waals surface area contributed by atoms with Gasteiger partial charge >= 0.3 is 0 Å². The van der Waals surface area contributed by atoms with E-state index in [1.807, 2.05) is 0 Å². The molecule has 2 aliphatic rings. The second kappa shape index (κ2) is 15.6. The molecule has 0 fully saturated rings. The number of hydrogen-bond donors (Lipinski definition) is 0. The van der Waals surface area contributed by atoms with Crippen LogP contribution in [0.1, 0.15) is 0 Å². The van der Waals surface area contributed by atoms with Crippen molar-refractivity contribution >= 4 is 101 Å². The number of hydrogen-bond acceptors (Lipinski definition) is 2. The minimum Gasteiger partial charge on any atom is -0.311 e. The Hall–Kier alpha value is -9.32. The first-order valence-electron chi connectivity index (χ1n) is 24.5. The summed E-state index contributed by atoms with van der Waals surface area (Å²) in [6.45, 7) is -0.0135. The summed E-state index contributed by atoms with van der Waals surface area (Å²) in [7, 11) is 0. The molecule has 0 atom stereocenters. The maximum Gasteiger partial charge on any atom is 0.252 e. The Bertz CT molecular complexity index is 3970. The Morgan fingerprint density at radius 3 is 1.03 bits per heavy atom. The summed E-state index contributed by atoms with van der Waals surface area (Å²) in [5.74, 6) is 0. The second-order valence-corrected chi connectivity index (χ2v) is 18.9. The molecule has 11 aromatic carbocycles. The van der Waals surface area contributed by atoms with Gasteiger partial charge in [0.05, 0.1) is 22.1 Å². The van der Waals surface area contributed by atoms with Crippen LogP contribution >= 0.6 is 0 Å². The standard InChI is InChI=1S/C66H43BN4/c1-5-18-48(19-6-1)68-58-28-15-13-26-52(58)54-36-32-44(40-62(54)68)46-34-38-56-64(42-46)70(50-22-9-3-10-23-50)60-30-17-31-61-66(60)67(56)57-39-35-47(43-65(57)71(61)51-24-11-4-12-25-51)45-33-37-55-53-27-14-16-29-59(53)69(63(55)41-45)49-20-7-2-8-21-49/h1-43H. The van der Waals surface area contributed by atoms with Crippen LogP contribution in [0.5, 0.6) is 0 Å². The first-order valence-corrected chi connectivity index (χ1v) is 24.5. The van der Waals surface area contributed by atoms with Crippen molar-refractivity contribution < 1.29 is 0 Å². The van der Waals surface area contributed by atoms with E-state index in [1.165, 1.54) is 105 Å². The third kappa shape index (κ3) is 6.00. The predicted octanol–water partition coefficient (Wildman–Crippen LogP) is 15.3. The van der Waals surface area contributed by atoms with Crippen LogP contribution in [0.2, 0.25) is 0 Å². The maximum absolute atomic E-state index is 2.50. The highest BCUT2D eigenvalue weighted by Crippen LogP contribution is 2.46. The fourth-order valence-electron chi connectivity index (χ4n) is 12.0. The smallest absolute Gasteiger partial charge is 0.252 e. The van der Waals surface area contributed by atoms with Gasteiger partial charge in [-0.15, -0.1) is 0 Å². The van der Waals surface area contributed by atoms with Gasteiger partial charge in [-0.05, 0) is 136 Å². The van der Waals surface area contributed by atoms with Crippen molar-refractivity contribution in [2.75, 3.05) is 9.80 Å². The fourth-order valence-corrected chi connectivity index (χ4v) is 12.0. The molecule has 2 aliphatic heterocycles. The van der Waals surface area contributed by atoms with E-state index in [2.05, 4.69) is 280 Å². The summed E-state index contributed by atoms with van der Waals surface area (Å²) < 4.78 is 4.82. The molecule has 2 aromatic heterocycles. The zero-order valence-electron chi connectivity index (χ0n) is 38.7. The van der Waals surface area contributed by atoms with Gasteiger partial charge in [0.25, 0.3) is 6.71 Å². The lowest BCUT2D eigenvalue weighted by Crippen LogP contribution is -2.61. The third-order valence-corrected chi connectivity index (χ3v) is 15.1. The number of rotatable bonds is 6. The molecule has 0 radical (unpaired) electrons. The molecule has 0 amide bonds. The van der Waals surface area contributed by atoms with Crippen LogP contribution in [-0.2, 0) is 0 Å². The number of benzene rings is 11. The molecular formula is C66H43BN4. The normalized spacial score (nSPS) is 12.7. The lowest BCUT2D eigenvalue weighted by molar-refractivity contribution is 1.18. The van der Waals surface area contributed by atoms with Gasteiger partial charge in [0.1, 0.15) is 0 Å². The molecule has 0 spiro atoms. The summed E-state index contributed by atoms with van der Waals surface area (Å²) >= 11 is 0. The monoisotopic (exact) mass is 902 g/mol. The van der Waals surface area contributed by atoms with E-state index in [-0.39, 0.29) is 6.71 Å². The van der Waals surface area contributed by atoms with Gasteiger partial charge in [-0.25, -0.2) is 0 Å². The maximum atomic E-state index is 2.50. The van der Waals surface area contributed by atoms with E-state index in [4.69, 9.17) is 0 Å². The summed E-state index contributed by atoms with van der Waals surface area (Å²) in [6.07, 6.45) is 0. The van der Waals surface area contributed by atoms with E-state index >= 15 is 0 Å². The molecule has 4 heterocycles. The summed E-state index contributed by atoms with van der Waals surface area (Å²) in [6, 6.07) is 96.1. The van der Waals surface area contributed by atoms with Crippen LogP contribution < -0.4 is 26.2 Å². The Morgan fingerprint density at radius 1 is 0.239 bits per heavy atom. The van der Waals surface area contributed by atoms with Gasteiger partial charge in [0.15, 0.2) is 0 Å². The molecule has 15 rings (SSSR count). The largest absolute Gasteiger partial charge is 0.311 e. The average Bonchev–Trinajstić information content (AvgIpc) is 3.96. The molecule has 5 heteroatoms. The molecule has 13 aromatic rings. The Kier molecular flexibility index (Phi) is 8.72. The topological polar surface area (TPSA) is 16.3 Å². The van der Waals surface area contributed by atoms with Crippen LogP contribution in [0.3, 0.4) is 0 Å². The van der Waals surface area contributed by atoms with Gasteiger partial charge in [0.2, 0.25) is 0 Å². The molecule has 330 valence electrons. The Balaban J connectivity index is 0.938. The van der Waals surface area contributed by atoms with Crippen LogP contribution in [0.25, 0.3) is 77.2 Å². The third-order valence-electron chi connectivity index (χ3n) is 15.1. The highest BCUT2D eigenvalue weighted by molar-refractivity contribution is 7.00. The van der Waals surface area contributed by atoms with E-state index in [0.29, 0.717) is 0 Å². The van der Waals surface area contributed by atoms with Gasteiger partial charge in [-0.2, -0.15) is 0 Å². The zero-order chi connectivity index (χ0) is 46.6. The number of fused-ring (bicyclic) bond motifs is 10. The number of anilines is 6. The van der Waals surface area contributed by atoms with Crippen molar-refractivity contribution in [3.63, 3.8) is 0 Å². The van der Waals surface area contributed by atoms with Crippen LogP contribution in [0, 0.1) is 0 Å². The van der Waals surface area contributed by atoms with E-state index in [9.17, 15) is 0 Å². The Morgan fingerprint density at radius 2 is 0.592 bits per heavy atom. The molecular weight excluding hydrogens is 860 g/mol. The summed E-state index contributed by atoms with van der Waals surface area (Å²) in [5, 5.41) is 5.01. The molecule has 4 nitrogen and oxygen atoms in total. The predicted molar refractivity (Wildman–Crippen MR) is 300 cm³/mol. The number of nitrogens with zero attached hydrogens (tertiary/aromatic N) is 4. The van der Waals surface area contributed by atoms with Crippen molar-refractivity contribution in [2.24, 2.45) is 0 Å². The number of para-hydroxylation sites is 6.